The molecule has 1 saturated carbocycles. The van der Waals surface area contributed by atoms with Gasteiger partial charge in [0.05, 0.1) is 0 Å². The van der Waals surface area contributed by atoms with Gasteiger partial charge in [-0.1, -0.05) is 0 Å². The van der Waals surface area contributed by atoms with E-state index in [2.05, 4.69) is 26.9 Å². The first-order chi connectivity index (χ1) is 9.25. The highest BCUT2D eigenvalue weighted by Gasteiger charge is 2.24. The molecule has 1 aliphatic carbocycles. The summed E-state index contributed by atoms with van der Waals surface area (Å²) in [6.45, 7) is 0.433. The molecule has 1 fully saturated rings. The molecule has 0 spiro atoms. The summed E-state index contributed by atoms with van der Waals surface area (Å²) in [5.41, 5.74) is 0. The highest BCUT2D eigenvalue weighted by molar-refractivity contribution is 7.99. The SMILES string of the molecule is CNc1cc(NC2CCC(SC)C2)nc(COC)n1. The fourth-order valence-electron chi connectivity index (χ4n) is 2.39. The molecule has 2 atom stereocenters. The zero-order valence-electron chi connectivity index (χ0n) is 11.8. The van der Waals surface area contributed by atoms with Gasteiger partial charge in [-0.25, -0.2) is 9.97 Å². The molecule has 0 bridgehead atoms. The minimum Gasteiger partial charge on any atom is -0.377 e. The lowest BCUT2D eigenvalue weighted by Gasteiger charge is -2.15. The Morgan fingerprint density at radius 3 is 2.79 bits per heavy atom. The number of rotatable bonds is 6. The van der Waals surface area contributed by atoms with E-state index in [0.717, 1.165) is 16.9 Å². The average molecular weight is 282 g/mol. The number of aromatic nitrogens is 2. The largest absolute Gasteiger partial charge is 0.377 e. The Bertz CT molecular complexity index is 416. The van der Waals surface area contributed by atoms with Crippen LogP contribution in [0.3, 0.4) is 0 Å². The van der Waals surface area contributed by atoms with Crippen molar-refractivity contribution in [2.45, 2.75) is 37.2 Å². The van der Waals surface area contributed by atoms with Crippen LogP contribution >= 0.6 is 11.8 Å². The quantitative estimate of drug-likeness (QED) is 0.835. The molecule has 2 unspecified atom stereocenters. The van der Waals surface area contributed by atoms with E-state index in [-0.39, 0.29) is 0 Å². The predicted octanol–water partition coefficient (Wildman–Crippen LogP) is 2.36. The summed E-state index contributed by atoms with van der Waals surface area (Å²) in [6, 6.07) is 2.47. The van der Waals surface area contributed by atoms with E-state index < -0.39 is 0 Å². The molecule has 0 amide bonds. The second-order valence-electron chi connectivity index (χ2n) is 4.75. The van der Waals surface area contributed by atoms with Gasteiger partial charge in [-0.15, -0.1) is 0 Å². The highest BCUT2D eigenvalue weighted by Crippen LogP contribution is 2.30. The monoisotopic (exact) mass is 282 g/mol. The van der Waals surface area contributed by atoms with Crippen molar-refractivity contribution < 1.29 is 4.74 Å². The Hall–Kier alpha value is -1.01. The van der Waals surface area contributed by atoms with Crippen LogP contribution in [0.1, 0.15) is 25.1 Å². The lowest BCUT2D eigenvalue weighted by Crippen LogP contribution is -2.18. The maximum atomic E-state index is 5.10. The number of nitrogens with zero attached hydrogens (tertiary/aromatic N) is 2. The van der Waals surface area contributed by atoms with E-state index in [1.165, 1.54) is 19.3 Å². The molecule has 19 heavy (non-hydrogen) atoms. The average Bonchev–Trinajstić information content (AvgIpc) is 2.86. The van der Waals surface area contributed by atoms with Crippen LogP contribution < -0.4 is 10.6 Å². The van der Waals surface area contributed by atoms with Crippen molar-refractivity contribution in [1.82, 2.24) is 9.97 Å². The molecule has 2 N–H and O–H groups in total. The van der Waals surface area contributed by atoms with Crippen LogP contribution in [0.4, 0.5) is 11.6 Å². The molecule has 6 heteroatoms. The third kappa shape index (κ3) is 3.98. The highest BCUT2D eigenvalue weighted by atomic mass is 32.2. The van der Waals surface area contributed by atoms with Gasteiger partial charge in [0.2, 0.25) is 0 Å². The number of ether oxygens (including phenoxy) is 1. The molecule has 2 rings (SSSR count). The van der Waals surface area contributed by atoms with Crippen molar-refractivity contribution in [3.05, 3.63) is 11.9 Å². The first kappa shape index (κ1) is 14.4. The molecular formula is C13H22N4OS. The van der Waals surface area contributed by atoms with Gasteiger partial charge in [0.25, 0.3) is 0 Å². The Morgan fingerprint density at radius 1 is 1.37 bits per heavy atom. The zero-order valence-corrected chi connectivity index (χ0v) is 12.6. The van der Waals surface area contributed by atoms with E-state index in [4.69, 9.17) is 4.74 Å². The van der Waals surface area contributed by atoms with Gasteiger partial charge in [0.15, 0.2) is 5.82 Å². The first-order valence-electron chi connectivity index (χ1n) is 6.59. The number of anilines is 2. The van der Waals surface area contributed by atoms with Crippen LogP contribution in [0.15, 0.2) is 6.07 Å². The molecule has 0 aliphatic heterocycles. The summed E-state index contributed by atoms with van der Waals surface area (Å²) in [7, 11) is 3.52. The summed E-state index contributed by atoms with van der Waals surface area (Å²) < 4.78 is 5.10. The van der Waals surface area contributed by atoms with Crippen LogP contribution in [0.25, 0.3) is 0 Å². The Balaban J connectivity index is 2.04. The molecule has 5 nitrogen and oxygen atoms in total. The van der Waals surface area contributed by atoms with Gasteiger partial charge < -0.3 is 15.4 Å². The summed E-state index contributed by atoms with van der Waals surface area (Å²) in [4.78, 5) is 8.85. The summed E-state index contributed by atoms with van der Waals surface area (Å²) >= 11 is 1.96. The maximum Gasteiger partial charge on any atom is 0.158 e. The topological polar surface area (TPSA) is 59.1 Å². The second-order valence-corrected chi connectivity index (χ2v) is 5.89. The lowest BCUT2D eigenvalue weighted by atomic mass is 10.2. The van der Waals surface area contributed by atoms with Crippen molar-refractivity contribution in [3.63, 3.8) is 0 Å². The molecule has 1 aromatic rings. The zero-order chi connectivity index (χ0) is 13.7. The Labute approximate surface area is 118 Å². The van der Waals surface area contributed by atoms with Crippen LogP contribution in [-0.4, -0.2) is 41.7 Å². The van der Waals surface area contributed by atoms with Gasteiger partial charge in [0, 0.05) is 31.5 Å². The summed E-state index contributed by atoms with van der Waals surface area (Å²) in [6.07, 6.45) is 5.89. The maximum absolute atomic E-state index is 5.10. The molecule has 0 aromatic carbocycles. The molecule has 106 valence electrons. The Kier molecular flexibility index (Phi) is 5.27. The molecule has 1 heterocycles. The number of nitrogens with one attached hydrogen (secondary N) is 2. The number of methoxy groups -OCH3 is 1. The van der Waals surface area contributed by atoms with Crippen molar-refractivity contribution >= 4 is 23.4 Å². The van der Waals surface area contributed by atoms with E-state index in [0.29, 0.717) is 18.5 Å². The molecule has 0 saturated heterocycles. The van der Waals surface area contributed by atoms with Crippen LogP contribution in [0.2, 0.25) is 0 Å². The number of hydrogen-bond acceptors (Lipinski definition) is 6. The number of thioether (sulfide) groups is 1. The fraction of sp³-hybridized carbons (Fsp3) is 0.692. The van der Waals surface area contributed by atoms with Crippen LogP contribution in [-0.2, 0) is 11.3 Å². The fourth-order valence-corrected chi connectivity index (χ4v) is 3.18. The van der Waals surface area contributed by atoms with Crippen molar-refractivity contribution in [3.8, 4) is 0 Å². The van der Waals surface area contributed by atoms with Gasteiger partial charge in [-0.3, -0.25) is 0 Å². The summed E-state index contributed by atoms with van der Waals surface area (Å²) in [5, 5.41) is 7.36. The molecule has 1 aromatic heterocycles. The van der Waals surface area contributed by atoms with E-state index >= 15 is 0 Å². The van der Waals surface area contributed by atoms with Crippen LogP contribution in [0, 0.1) is 0 Å². The van der Waals surface area contributed by atoms with E-state index in [1.807, 2.05) is 24.9 Å². The molecule has 0 radical (unpaired) electrons. The standard InChI is InChI=1S/C13H22N4OS/c1-14-11-7-12(17-13(16-11)8-18-2)15-9-4-5-10(6-9)19-3/h7,9-10H,4-6,8H2,1-3H3,(H2,14,15,16,17). The normalized spacial score (nSPS) is 22.5. The smallest absolute Gasteiger partial charge is 0.158 e. The predicted molar refractivity (Wildman–Crippen MR) is 80.9 cm³/mol. The van der Waals surface area contributed by atoms with Crippen LogP contribution in [0.5, 0.6) is 0 Å². The van der Waals surface area contributed by atoms with Gasteiger partial charge in [-0.2, -0.15) is 11.8 Å². The number of hydrogen-bond donors (Lipinski definition) is 2. The molecule has 1 aliphatic rings. The molecular weight excluding hydrogens is 260 g/mol. The Morgan fingerprint density at radius 2 is 2.16 bits per heavy atom. The second kappa shape index (κ2) is 6.96. The summed E-state index contributed by atoms with van der Waals surface area (Å²) in [5.74, 6) is 2.42. The van der Waals surface area contributed by atoms with Crippen molar-refractivity contribution in [2.24, 2.45) is 0 Å². The van der Waals surface area contributed by atoms with Gasteiger partial charge >= 0.3 is 0 Å². The van der Waals surface area contributed by atoms with Gasteiger partial charge in [0.1, 0.15) is 18.2 Å². The third-order valence-corrected chi connectivity index (χ3v) is 4.47. The minimum absolute atomic E-state index is 0.433. The third-order valence-electron chi connectivity index (χ3n) is 3.37. The van der Waals surface area contributed by atoms with Gasteiger partial charge in [-0.05, 0) is 25.5 Å². The van der Waals surface area contributed by atoms with E-state index in [9.17, 15) is 0 Å². The van der Waals surface area contributed by atoms with Crippen molar-refractivity contribution in [2.75, 3.05) is 31.0 Å². The van der Waals surface area contributed by atoms with E-state index in [1.54, 1.807) is 7.11 Å². The van der Waals surface area contributed by atoms with Crippen molar-refractivity contribution in [1.29, 1.82) is 0 Å². The minimum atomic E-state index is 0.433. The lowest BCUT2D eigenvalue weighted by molar-refractivity contribution is 0.178. The first-order valence-corrected chi connectivity index (χ1v) is 7.88.